The van der Waals surface area contributed by atoms with Crippen molar-refractivity contribution in [3.8, 4) is 0 Å². The molecule has 0 spiro atoms. The number of carbonyl (C=O) groups is 3. The second kappa shape index (κ2) is 6.56. The predicted octanol–water partition coefficient (Wildman–Crippen LogP) is -0.617. The number of primary amides is 1. The van der Waals surface area contributed by atoms with Crippen molar-refractivity contribution < 1.29 is 24.2 Å². The van der Waals surface area contributed by atoms with Crippen LogP contribution in [0.15, 0.2) is 0 Å². The van der Waals surface area contributed by atoms with Crippen LogP contribution in [0.1, 0.15) is 20.3 Å². The molecule has 4 N–H and O–H groups in total. The lowest BCUT2D eigenvalue weighted by atomic mass is 9.93. The van der Waals surface area contributed by atoms with Gasteiger partial charge in [0.25, 0.3) is 0 Å². The van der Waals surface area contributed by atoms with Crippen molar-refractivity contribution in [3.05, 3.63) is 0 Å². The number of urea groups is 1. The number of carboxylic acids is 1. The molecule has 3 amide bonds. The summed E-state index contributed by atoms with van der Waals surface area (Å²) in [5.74, 6) is -1.50. The summed E-state index contributed by atoms with van der Waals surface area (Å²) in [6.07, 6.45) is -0.174. The molecule has 0 radical (unpaired) electrons. The molecule has 1 aliphatic heterocycles. The molecule has 0 bridgehead atoms. The third kappa shape index (κ3) is 4.37. The van der Waals surface area contributed by atoms with Crippen LogP contribution in [0.3, 0.4) is 0 Å². The van der Waals surface area contributed by atoms with Gasteiger partial charge in [-0.2, -0.15) is 0 Å². The molecule has 1 rings (SSSR count). The van der Waals surface area contributed by atoms with Crippen LogP contribution in [0, 0.1) is 5.41 Å². The first-order chi connectivity index (χ1) is 9.24. The summed E-state index contributed by atoms with van der Waals surface area (Å²) in [6.45, 7) is 4.23. The summed E-state index contributed by atoms with van der Waals surface area (Å²) in [4.78, 5) is 35.4. The first-order valence-electron chi connectivity index (χ1n) is 6.38. The fourth-order valence-corrected chi connectivity index (χ4v) is 1.78. The Balaban J connectivity index is 2.59. The maximum Gasteiger partial charge on any atom is 0.317 e. The minimum absolute atomic E-state index is 0.0956. The number of carbonyl (C=O) groups excluding carboxylic acids is 2. The van der Waals surface area contributed by atoms with Gasteiger partial charge < -0.3 is 25.8 Å². The fraction of sp³-hybridized carbons (Fsp3) is 0.750. The Bertz CT molecular complexity index is 397. The van der Waals surface area contributed by atoms with Crippen molar-refractivity contribution in [2.45, 2.75) is 26.3 Å². The van der Waals surface area contributed by atoms with E-state index in [0.29, 0.717) is 13.2 Å². The lowest BCUT2D eigenvalue weighted by Gasteiger charge is -2.35. The Morgan fingerprint density at radius 2 is 2.10 bits per heavy atom. The van der Waals surface area contributed by atoms with Gasteiger partial charge in [0.05, 0.1) is 31.1 Å². The van der Waals surface area contributed by atoms with E-state index >= 15 is 0 Å². The zero-order chi connectivity index (χ0) is 15.3. The molecule has 0 aromatic carbocycles. The number of rotatable bonds is 5. The summed E-state index contributed by atoms with van der Waals surface area (Å²) in [5.41, 5.74) is 4.37. The average Bonchev–Trinajstić information content (AvgIpc) is 2.36. The number of amides is 3. The highest BCUT2D eigenvalue weighted by Crippen LogP contribution is 2.14. The van der Waals surface area contributed by atoms with Crippen LogP contribution in [0.4, 0.5) is 4.79 Å². The Kier molecular flexibility index (Phi) is 5.32. The van der Waals surface area contributed by atoms with Gasteiger partial charge in [0.15, 0.2) is 0 Å². The molecule has 1 heterocycles. The summed E-state index contributed by atoms with van der Waals surface area (Å²) in [7, 11) is 0. The third-order valence-electron chi connectivity index (χ3n) is 3.25. The summed E-state index contributed by atoms with van der Waals surface area (Å²) in [5, 5.41) is 11.4. The van der Waals surface area contributed by atoms with E-state index in [4.69, 9.17) is 15.6 Å². The van der Waals surface area contributed by atoms with Crippen LogP contribution >= 0.6 is 0 Å². The average molecular weight is 287 g/mol. The van der Waals surface area contributed by atoms with Crippen LogP contribution in [0.2, 0.25) is 0 Å². The first kappa shape index (κ1) is 16.2. The highest BCUT2D eigenvalue weighted by molar-refractivity contribution is 5.82. The Hall–Kier alpha value is -1.83. The number of aliphatic carboxylic acids is 1. The van der Waals surface area contributed by atoms with Gasteiger partial charge in [0.2, 0.25) is 5.91 Å². The molecule has 1 aliphatic rings. The van der Waals surface area contributed by atoms with Crippen LogP contribution in [-0.2, 0) is 14.3 Å². The second-order valence-electron chi connectivity index (χ2n) is 5.43. The number of nitrogens with two attached hydrogens (primary N) is 1. The quantitative estimate of drug-likeness (QED) is 0.622. The first-order valence-corrected chi connectivity index (χ1v) is 6.38. The molecule has 0 saturated carbocycles. The van der Waals surface area contributed by atoms with Gasteiger partial charge in [-0.3, -0.25) is 9.59 Å². The maximum absolute atomic E-state index is 12.1. The Labute approximate surface area is 117 Å². The topological polar surface area (TPSA) is 122 Å². The van der Waals surface area contributed by atoms with E-state index < -0.39 is 29.4 Å². The summed E-state index contributed by atoms with van der Waals surface area (Å²) >= 11 is 0. The fourth-order valence-electron chi connectivity index (χ4n) is 1.78. The van der Waals surface area contributed by atoms with E-state index in [2.05, 4.69) is 5.32 Å². The monoisotopic (exact) mass is 287 g/mol. The van der Waals surface area contributed by atoms with E-state index in [-0.39, 0.29) is 19.6 Å². The van der Waals surface area contributed by atoms with Crippen molar-refractivity contribution in [2.75, 3.05) is 26.3 Å². The van der Waals surface area contributed by atoms with Gasteiger partial charge in [-0.15, -0.1) is 0 Å². The van der Waals surface area contributed by atoms with Gasteiger partial charge in [-0.05, 0) is 13.8 Å². The van der Waals surface area contributed by atoms with E-state index in [1.54, 1.807) is 13.8 Å². The minimum atomic E-state index is -0.990. The zero-order valence-electron chi connectivity index (χ0n) is 11.7. The zero-order valence-corrected chi connectivity index (χ0v) is 11.7. The van der Waals surface area contributed by atoms with Gasteiger partial charge in [-0.1, -0.05) is 0 Å². The molecule has 1 saturated heterocycles. The van der Waals surface area contributed by atoms with Crippen LogP contribution in [0.25, 0.3) is 0 Å². The number of nitrogens with zero attached hydrogens (tertiary/aromatic N) is 1. The molecule has 8 nitrogen and oxygen atoms in total. The minimum Gasteiger partial charge on any atom is -0.481 e. The van der Waals surface area contributed by atoms with Crippen molar-refractivity contribution in [1.29, 1.82) is 0 Å². The van der Waals surface area contributed by atoms with Crippen LogP contribution in [0.5, 0.6) is 0 Å². The van der Waals surface area contributed by atoms with Gasteiger partial charge in [0, 0.05) is 13.1 Å². The number of ether oxygens (including phenoxy) is 1. The third-order valence-corrected chi connectivity index (χ3v) is 3.25. The summed E-state index contributed by atoms with van der Waals surface area (Å²) in [6, 6.07) is -0.910. The number of nitrogens with one attached hydrogen (secondary N) is 1. The predicted molar refractivity (Wildman–Crippen MR) is 69.9 cm³/mol. The molecule has 1 unspecified atom stereocenters. The molecular weight excluding hydrogens is 266 g/mol. The van der Waals surface area contributed by atoms with E-state index in [1.165, 1.54) is 4.90 Å². The van der Waals surface area contributed by atoms with E-state index in [0.717, 1.165) is 0 Å². The molecular formula is C12H21N3O5. The SMILES string of the molecule is CC(C)(CNC(=O)N1CCOCC1CC(=O)O)C(N)=O. The Morgan fingerprint density at radius 3 is 2.65 bits per heavy atom. The van der Waals surface area contributed by atoms with Gasteiger partial charge in [0.1, 0.15) is 0 Å². The van der Waals surface area contributed by atoms with Crippen molar-refractivity contribution >= 4 is 17.9 Å². The van der Waals surface area contributed by atoms with Gasteiger partial charge >= 0.3 is 12.0 Å². The van der Waals surface area contributed by atoms with E-state index in [9.17, 15) is 14.4 Å². The molecule has 114 valence electrons. The highest BCUT2D eigenvalue weighted by Gasteiger charge is 2.31. The van der Waals surface area contributed by atoms with Crippen LogP contribution in [-0.4, -0.2) is 60.3 Å². The largest absolute Gasteiger partial charge is 0.481 e. The normalized spacial score (nSPS) is 19.5. The molecule has 0 aliphatic carbocycles. The number of morpholine rings is 1. The molecule has 20 heavy (non-hydrogen) atoms. The van der Waals surface area contributed by atoms with Crippen LogP contribution < -0.4 is 11.1 Å². The smallest absolute Gasteiger partial charge is 0.317 e. The molecule has 0 aromatic heterocycles. The molecule has 0 aromatic rings. The maximum atomic E-state index is 12.1. The van der Waals surface area contributed by atoms with Crippen molar-refractivity contribution in [3.63, 3.8) is 0 Å². The summed E-state index contributed by atoms with van der Waals surface area (Å²) < 4.78 is 5.19. The molecule has 1 atom stereocenters. The number of hydrogen-bond donors (Lipinski definition) is 3. The molecule has 8 heteroatoms. The standard InChI is InChI=1S/C12H21N3O5/c1-12(2,10(13)18)7-14-11(19)15-3-4-20-6-8(15)5-9(16)17/h8H,3-7H2,1-2H3,(H2,13,18)(H,14,19)(H,16,17). The molecule has 1 fully saturated rings. The van der Waals surface area contributed by atoms with Crippen molar-refractivity contribution in [1.82, 2.24) is 10.2 Å². The lowest BCUT2D eigenvalue weighted by Crippen LogP contribution is -2.55. The highest BCUT2D eigenvalue weighted by atomic mass is 16.5. The van der Waals surface area contributed by atoms with Gasteiger partial charge in [-0.25, -0.2) is 4.79 Å². The Morgan fingerprint density at radius 1 is 1.45 bits per heavy atom. The number of carboxylic acid groups (broad SMARTS) is 1. The lowest BCUT2D eigenvalue weighted by molar-refractivity contribution is -0.139. The second-order valence-corrected chi connectivity index (χ2v) is 5.43. The number of hydrogen-bond acceptors (Lipinski definition) is 4. The van der Waals surface area contributed by atoms with E-state index in [1.807, 2.05) is 0 Å². The van der Waals surface area contributed by atoms with Crippen molar-refractivity contribution in [2.24, 2.45) is 11.1 Å².